The van der Waals surface area contributed by atoms with Crippen LogP contribution in [0, 0.1) is 11.3 Å². The van der Waals surface area contributed by atoms with E-state index in [0.717, 1.165) is 36.8 Å². The summed E-state index contributed by atoms with van der Waals surface area (Å²) >= 11 is 0. The van der Waals surface area contributed by atoms with Gasteiger partial charge in [-0.2, -0.15) is 13.2 Å². The fourth-order valence-corrected chi connectivity index (χ4v) is 5.75. The minimum absolute atomic E-state index is 0.210. The Morgan fingerprint density at radius 3 is 2.69 bits per heavy atom. The summed E-state index contributed by atoms with van der Waals surface area (Å²) < 4.78 is 44.1. The van der Waals surface area contributed by atoms with Crippen LogP contribution in [0.1, 0.15) is 72.1 Å². The summed E-state index contributed by atoms with van der Waals surface area (Å²) in [5, 5.41) is 29.7. The van der Waals surface area contributed by atoms with Gasteiger partial charge in [0.25, 0.3) is 0 Å². The van der Waals surface area contributed by atoms with Gasteiger partial charge in [0.05, 0.1) is 12.2 Å². The highest BCUT2D eigenvalue weighted by Crippen LogP contribution is 2.56. The highest BCUT2D eigenvalue weighted by atomic mass is 19.4. The van der Waals surface area contributed by atoms with E-state index in [1.165, 1.54) is 5.57 Å². The Kier molecular flexibility index (Phi) is 8.09. The first-order valence-electron chi connectivity index (χ1n) is 12.3. The molecule has 0 aromatic heterocycles. The average molecular weight is 499 g/mol. The maximum absolute atomic E-state index is 12.9. The predicted octanol–water partition coefficient (Wildman–Crippen LogP) is 5.07. The molecule has 0 amide bonds. The van der Waals surface area contributed by atoms with Crippen molar-refractivity contribution in [2.75, 3.05) is 0 Å². The largest absolute Gasteiger partial charge is 0.458 e. The molecule has 0 spiro atoms. The van der Waals surface area contributed by atoms with Crippen LogP contribution in [0.2, 0.25) is 0 Å². The van der Waals surface area contributed by atoms with Gasteiger partial charge >= 0.3 is 12.1 Å². The molecule has 0 radical (unpaired) electrons. The Balaban J connectivity index is 1.67. The third-order valence-electron chi connectivity index (χ3n) is 8.05. The molecule has 35 heavy (non-hydrogen) atoms. The predicted molar refractivity (Wildman–Crippen MR) is 126 cm³/mol. The summed E-state index contributed by atoms with van der Waals surface area (Å²) in [6.07, 6.45) is 2.40. The number of carbonyl (C=O) groups is 1. The number of alkyl halides is 3. The Bertz CT molecular complexity index is 930. The first-order valence-corrected chi connectivity index (χ1v) is 12.3. The van der Waals surface area contributed by atoms with Gasteiger partial charge in [0.15, 0.2) is 5.60 Å². The van der Waals surface area contributed by atoms with E-state index < -0.39 is 48.9 Å². The number of hydrogen-bond donors (Lipinski definition) is 3. The van der Waals surface area contributed by atoms with Crippen molar-refractivity contribution < 1.29 is 38.0 Å². The SMILES string of the molecule is C=C1/C(=C\C=C2/CCC[C@]3(C)C([C@H](C)OC(=O)CCC(C)(O)C(F)(F)F)=CC[C@@H]23)C[C@@H](O)C[C@@H]1O. The summed E-state index contributed by atoms with van der Waals surface area (Å²) in [7, 11) is 0. The van der Waals surface area contributed by atoms with E-state index in [9.17, 15) is 33.3 Å². The fraction of sp³-hybridized carbons (Fsp3) is 0.667. The number of fused-ring (bicyclic) bond motifs is 1. The Morgan fingerprint density at radius 2 is 2.03 bits per heavy atom. The molecule has 0 bridgehead atoms. The van der Waals surface area contributed by atoms with Gasteiger partial charge in [-0.1, -0.05) is 37.3 Å². The number of carbonyl (C=O) groups excluding carboxylic acids is 1. The highest BCUT2D eigenvalue weighted by molar-refractivity contribution is 5.70. The number of hydrogen-bond acceptors (Lipinski definition) is 5. The van der Waals surface area contributed by atoms with Crippen LogP contribution in [0.25, 0.3) is 0 Å². The minimum atomic E-state index is -4.81. The summed E-state index contributed by atoms with van der Waals surface area (Å²) in [6, 6.07) is 0. The molecule has 0 aromatic rings. The van der Waals surface area contributed by atoms with Gasteiger partial charge in [0, 0.05) is 12.8 Å². The molecule has 2 fully saturated rings. The molecule has 0 saturated heterocycles. The van der Waals surface area contributed by atoms with Crippen LogP contribution < -0.4 is 0 Å². The number of halogens is 3. The fourth-order valence-electron chi connectivity index (χ4n) is 5.75. The van der Waals surface area contributed by atoms with E-state index in [1.807, 2.05) is 6.08 Å². The van der Waals surface area contributed by atoms with Crippen molar-refractivity contribution in [1.29, 1.82) is 0 Å². The molecular weight excluding hydrogens is 461 g/mol. The average Bonchev–Trinajstić information content (AvgIpc) is 3.10. The smallest absolute Gasteiger partial charge is 0.416 e. The van der Waals surface area contributed by atoms with Crippen molar-refractivity contribution >= 4 is 5.97 Å². The van der Waals surface area contributed by atoms with E-state index in [1.54, 1.807) is 6.92 Å². The lowest BCUT2D eigenvalue weighted by molar-refractivity contribution is -0.255. The molecule has 196 valence electrons. The lowest BCUT2D eigenvalue weighted by Crippen LogP contribution is -2.42. The van der Waals surface area contributed by atoms with Gasteiger partial charge in [-0.3, -0.25) is 4.79 Å². The van der Waals surface area contributed by atoms with Gasteiger partial charge in [0.2, 0.25) is 0 Å². The molecule has 5 nitrogen and oxygen atoms in total. The van der Waals surface area contributed by atoms with Gasteiger partial charge in [-0.25, -0.2) is 0 Å². The molecule has 3 aliphatic rings. The second-order valence-corrected chi connectivity index (χ2v) is 10.7. The molecule has 0 aliphatic heterocycles. The number of aliphatic hydroxyl groups is 3. The van der Waals surface area contributed by atoms with Crippen LogP contribution in [0.3, 0.4) is 0 Å². The zero-order valence-corrected chi connectivity index (χ0v) is 20.7. The number of ether oxygens (including phenoxy) is 1. The summed E-state index contributed by atoms with van der Waals surface area (Å²) in [4.78, 5) is 12.3. The van der Waals surface area contributed by atoms with Crippen molar-refractivity contribution in [3.63, 3.8) is 0 Å². The monoisotopic (exact) mass is 498 g/mol. The molecule has 3 aliphatic carbocycles. The Hall–Kier alpha value is -1.90. The van der Waals surface area contributed by atoms with E-state index in [0.29, 0.717) is 25.3 Å². The topological polar surface area (TPSA) is 87.0 Å². The van der Waals surface area contributed by atoms with E-state index in [4.69, 9.17) is 4.74 Å². The summed E-state index contributed by atoms with van der Waals surface area (Å²) in [5.74, 6) is -0.555. The van der Waals surface area contributed by atoms with Gasteiger partial charge in [0.1, 0.15) is 6.10 Å². The van der Waals surface area contributed by atoms with Crippen LogP contribution in [0.4, 0.5) is 13.2 Å². The first kappa shape index (κ1) is 27.7. The molecule has 0 heterocycles. The normalized spacial score (nSPS) is 34.4. The number of aliphatic hydroxyl groups excluding tert-OH is 2. The van der Waals surface area contributed by atoms with Crippen molar-refractivity contribution in [3.05, 3.63) is 47.1 Å². The van der Waals surface area contributed by atoms with E-state index in [-0.39, 0.29) is 11.3 Å². The standard InChI is InChI=1S/C27H37F3O5/c1-16-19(14-20(31)15-23(16)32)8-7-18-6-5-12-25(3)21(9-10-22(18)25)17(2)35-24(33)11-13-26(4,34)27(28,29)30/h7-9,17,20,22-23,31-32,34H,1,5-6,10-15H2,2-4H3/b18-7+,19-8-/t17-,20+,22-,23-,25+,26?/m0/s1. The molecule has 8 heteroatoms. The molecule has 6 atom stereocenters. The van der Waals surface area contributed by atoms with Crippen molar-refractivity contribution in [2.24, 2.45) is 11.3 Å². The molecule has 3 rings (SSSR count). The minimum Gasteiger partial charge on any atom is -0.458 e. The zero-order valence-electron chi connectivity index (χ0n) is 20.7. The quantitative estimate of drug-likeness (QED) is 0.352. The van der Waals surface area contributed by atoms with Crippen LogP contribution >= 0.6 is 0 Å². The number of allylic oxidation sites excluding steroid dienone is 4. The third-order valence-corrected chi connectivity index (χ3v) is 8.05. The van der Waals surface area contributed by atoms with Gasteiger partial charge < -0.3 is 20.1 Å². The van der Waals surface area contributed by atoms with E-state index in [2.05, 4.69) is 25.7 Å². The summed E-state index contributed by atoms with van der Waals surface area (Å²) in [5.41, 5.74) is 0.540. The maximum Gasteiger partial charge on any atom is 0.416 e. The summed E-state index contributed by atoms with van der Waals surface area (Å²) in [6.45, 7) is 8.51. The lowest BCUT2D eigenvalue weighted by atomic mass is 9.63. The van der Waals surface area contributed by atoms with Crippen LogP contribution in [0.5, 0.6) is 0 Å². The molecule has 1 unspecified atom stereocenters. The molecular formula is C27H37F3O5. The molecule has 3 N–H and O–H groups in total. The number of rotatable bonds is 6. The molecule has 2 saturated carbocycles. The van der Waals surface area contributed by atoms with Crippen molar-refractivity contribution in [1.82, 2.24) is 0 Å². The van der Waals surface area contributed by atoms with Gasteiger partial charge in [-0.05, 0) is 80.4 Å². The van der Waals surface area contributed by atoms with Crippen LogP contribution in [0.15, 0.2) is 47.1 Å². The molecule has 0 aromatic carbocycles. The maximum atomic E-state index is 12.9. The highest BCUT2D eigenvalue weighted by Gasteiger charge is 2.50. The Labute approximate surface area is 205 Å². The van der Waals surface area contributed by atoms with E-state index >= 15 is 0 Å². The van der Waals surface area contributed by atoms with Crippen molar-refractivity contribution in [2.45, 2.75) is 102 Å². The van der Waals surface area contributed by atoms with Gasteiger partial charge in [-0.15, -0.1) is 0 Å². The number of esters is 1. The second kappa shape index (κ2) is 10.2. The first-order chi connectivity index (χ1) is 16.2. The second-order valence-electron chi connectivity index (χ2n) is 10.7. The zero-order chi connectivity index (χ0) is 26.2. The van der Waals surface area contributed by atoms with Crippen LogP contribution in [-0.2, 0) is 9.53 Å². The van der Waals surface area contributed by atoms with Crippen LogP contribution in [-0.4, -0.2) is 51.4 Å². The Morgan fingerprint density at radius 1 is 1.34 bits per heavy atom. The lowest BCUT2D eigenvalue weighted by Gasteiger charge is -2.42. The van der Waals surface area contributed by atoms with Crippen molar-refractivity contribution in [3.8, 4) is 0 Å². The third kappa shape index (κ3) is 5.92.